The van der Waals surface area contributed by atoms with Gasteiger partial charge in [0.25, 0.3) is 0 Å². The van der Waals surface area contributed by atoms with E-state index in [0.29, 0.717) is 24.5 Å². The molecule has 8 nitrogen and oxygen atoms in total. The predicted octanol–water partition coefficient (Wildman–Crippen LogP) is 2.77. The van der Waals surface area contributed by atoms with E-state index < -0.39 is 0 Å². The van der Waals surface area contributed by atoms with Gasteiger partial charge < -0.3 is 14.8 Å². The second kappa shape index (κ2) is 8.91. The molecule has 30 heavy (non-hydrogen) atoms. The normalized spacial score (nSPS) is 10.9. The molecule has 3 heterocycles. The first-order valence-corrected chi connectivity index (χ1v) is 10.3. The van der Waals surface area contributed by atoms with E-state index in [9.17, 15) is 4.79 Å². The van der Waals surface area contributed by atoms with Gasteiger partial charge in [0.1, 0.15) is 10.8 Å². The molecule has 9 heteroatoms. The number of nitrogens with one attached hydrogen (secondary N) is 1. The average molecular weight is 423 g/mol. The molecule has 0 saturated carbocycles. The topological polar surface area (TPSA) is 90.6 Å². The van der Waals surface area contributed by atoms with Crippen LogP contribution in [0.1, 0.15) is 11.5 Å². The molecule has 4 rings (SSSR count). The Morgan fingerprint density at radius 2 is 2.00 bits per heavy atom. The number of fused-ring (bicyclic) bond motifs is 1. The van der Waals surface area contributed by atoms with Crippen LogP contribution in [0.4, 0.5) is 0 Å². The molecule has 1 amide bonds. The molecule has 0 saturated heterocycles. The lowest BCUT2D eigenvalue weighted by Gasteiger charge is -2.08. The smallest absolute Gasteiger partial charge is 0.226 e. The summed E-state index contributed by atoms with van der Waals surface area (Å²) < 4.78 is 12.5. The zero-order valence-corrected chi connectivity index (χ0v) is 17.5. The minimum Gasteiger partial charge on any atom is -0.493 e. The molecule has 0 radical (unpaired) electrons. The van der Waals surface area contributed by atoms with Crippen LogP contribution in [0.3, 0.4) is 0 Å². The summed E-state index contributed by atoms with van der Waals surface area (Å²) in [7, 11) is 3.20. The third-order valence-electron chi connectivity index (χ3n) is 4.58. The van der Waals surface area contributed by atoms with Crippen LogP contribution >= 0.6 is 11.3 Å². The second-order valence-electron chi connectivity index (χ2n) is 6.54. The van der Waals surface area contributed by atoms with Crippen LogP contribution in [0.2, 0.25) is 0 Å². The van der Waals surface area contributed by atoms with Gasteiger partial charge >= 0.3 is 0 Å². The fourth-order valence-electron chi connectivity index (χ4n) is 3.09. The number of aromatic nitrogens is 4. The Hall–Kier alpha value is -3.46. The number of ether oxygens (including phenoxy) is 2. The molecular weight excluding hydrogens is 402 g/mol. The number of amides is 1. The molecule has 0 spiro atoms. The van der Waals surface area contributed by atoms with Crippen LogP contribution in [-0.2, 0) is 17.6 Å². The molecule has 0 fully saturated rings. The molecular formula is C21H21N5O3S. The van der Waals surface area contributed by atoms with Gasteiger partial charge in [0.2, 0.25) is 5.91 Å². The van der Waals surface area contributed by atoms with Crippen molar-refractivity contribution in [3.8, 4) is 22.1 Å². The van der Waals surface area contributed by atoms with Crippen molar-refractivity contribution >= 4 is 22.9 Å². The molecule has 0 aliphatic rings. The van der Waals surface area contributed by atoms with Gasteiger partial charge in [-0.2, -0.15) is 0 Å². The summed E-state index contributed by atoms with van der Waals surface area (Å²) in [6, 6.07) is 11.4. The fraction of sp³-hybridized carbons (Fsp3) is 0.238. The van der Waals surface area contributed by atoms with Gasteiger partial charge in [-0.3, -0.25) is 9.20 Å². The monoisotopic (exact) mass is 423 g/mol. The number of pyridine rings is 1. The minimum atomic E-state index is -0.0759. The number of methoxy groups -OCH3 is 2. The molecule has 0 bridgehead atoms. The number of hydrogen-bond donors (Lipinski definition) is 1. The van der Waals surface area contributed by atoms with E-state index in [2.05, 4.69) is 20.5 Å². The number of hydrogen-bond acceptors (Lipinski definition) is 7. The van der Waals surface area contributed by atoms with Gasteiger partial charge in [0.15, 0.2) is 17.1 Å². The number of carbonyl (C=O) groups excluding carboxylic acids is 1. The molecule has 4 aromatic rings. The van der Waals surface area contributed by atoms with Gasteiger partial charge in [-0.25, -0.2) is 4.98 Å². The standard InChI is InChI=1S/C21H21N5O3S/c1-28-16-7-6-14(11-17(16)29-2)21-23-15(13-30-21)12-20(27)22-9-8-19-25-24-18-5-3-4-10-26(18)19/h3-7,10-11,13H,8-9,12H2,1-2H3,(H,22,27). The highest BCUT2D eigenvalue weighted by molar-refractivity contribution is 7.13. The maximum atomic E-state index is 12.3. The lowest BCUT2D eigenvalue weighted by molar-refractivity contribution is -0.120. The summed E-state index contributed by atoms with van der Waals surface area (Å²) in [5.74, 6) is 2.05. The van der Waals surface area contributed by atoms with Crippen LogP contribution in [0, 0.1) is 0 Å². The van der Waals surface area contributed by atoms with Crippen molar-refractivity contribution in [1.82, 2.24) is 24.9 Å². The number of carbonyl (C=O) groups is 1. The highest BCUT2D eigenvalue weighted by atomic mass is 32.1. The van der Waals surface area contributed by atoms with Crippen LogP contribution < -0.4 is 14.8 Å². The maximum Gasteiger partial charge on any atom is 0.226 e. The average Bonchev–Trinajstić information content (AvgIpc) is 3.40. The zero-order chi connectivity index (χ0) is 20.9. The minimum absolute atomic E-state index is 0.0759. The van der Waals surface area contributed by atoms with E-state index in [1.165, 1.54) is 11.3 Å². The Kier molecular flexibility index (Phi) is 5.89. The van der Waals surface area contributed by atoms with Crippen molar-refractivity contribution < 1.29 is 14.3 Å². The summed E-state index contributed by atoms with van der Waals surface area (Å²) in [6.07, 6.45) is 2.74. The van der Waals surface area contributed by atoms with Crippen molar-refractivity contribution in [2.45, 2.75) is 12.8 Å². The van der Waals surface area contributed by atoms with E-state index in [1.807, 2.05) is 52.4 Å². The maximum absolute atomic E-state index is 12.3. The predicted molar refractivity (Wildman–Crippen MR) is 114 cm³/mol. The molecule has 0 aliphatic carbocycles. The number of rotatable bonds is 8. The van der Waals surface area contributed by atoms with Crippen molar-refractivity contribution in [2.75, 3.05) is 20.8 Å². The van der Waals surface area contributed by atoms with Crippen molar-refractivity contribution in [1.29, 1.82) is 0 Å². The lowest BCUT2D eigenvalue weighted by atomic mass is 10.2. The van der Waals surface area contributed by atoms with Crippen molar-refractivity contribution in [3.63, 3.8) is 0 Å². The molecule has 0 atom stereocenters. The molecule has 0 unspecified atom stereocenters. The van der Waals surface area contributed by atoms with Gasteiger partial charge in [-0.15, -0.1) is 21.5 Å². The van der Waals surface area contributed by atoms with E-state index in [4.69, 9.17) is 9.47 Å². The van der Waals surface area contributed by atoms with Gasteiger partial charge in [-0.1, -0.05) is 6.07 Å². The first kappa shape index (κ1) is 19.8. The molecule has 1 aromatic carbocycles. The van der Waals surface area contributed by atoms with Crippen LogP contribution in [0.15, 0.2) is 48.0 Å². The van der Waals surface area contributed by atoms with E-state index >= 15 is 0 Å². The highest BCUT2D eigenvalue weighted by Crippen LogP contribution is 2.33. The quantitative estimate of drug-likeness (QED) is 0.469. The van der Waals surface area contributed by atoms with Crippen LogP contribution in [0.5, 0.6) is 11.5 Å². The van der Waals surface area contributed by atoms with Gasteiger partial charge in [0, 0.05) is 30.1 Å². The molecule has 0 aliphatic heterocycles. The Morgan fingerprint density at radius 3 is 2.83 bits per heavy atom. The Morgan fingerprint density at radius 1 is 1.13 bits per heavy atom. The highest BCUT2D eigenvalue weighted by Gasteiger charge is 2.12. The summed E-state index contributed by atoms with van der Waals surface area (Å²) in [5.41, 5.74) is 2.45. The Labute approximate surface area is 177 Å². The van der Waals surface area contributed by atoms with E-state index in [1.54, 1.807) is 14.2 Å². The van der Waals surface area contributed by atoms with Crippen LogP contribution in [0.25, 0.3) is 16.2 Å². The summed E-state index contributed by atoms with van der Waals surface area (Å²) in [6.45, 7) is 0.487. The zero-order valence-electron chi connectivity index (χ0n) is 16.7. The lowest BCUT2D eigenvalue weighted by Crippen LogP contribution is -2.27. The van der Waals surface area contributed by atoms with E-state index in [-0.39, 0.29) is 12.3 Å². The van der Waals surface area contributed by atoms with Crippen molar-refractivity contribution in [3.05, 3.63) is 59.5 Å². The fourth-order valence-corrected chi connectivity index (χ4v) is 3.91. The molecule has 154 valence electrons. The van der Waals surface area contributed by atoms with Crippen LogP contribution in [-0.4, -0.2) is 46.3 Å². The number of nitrogens with zero attached hydrogens (tertiary/aromatic N) is 4. The number of thiazole rings is 1. The third-order valence-corrected chi connectivity index (χ3v) is 5.52. The first-order valence-electron chi connectivity index (χ1n) is 9.40. The molecule has 3 aromatic heterocycles. The Bertz CT molecular complexity index is 1170. The van der Waals surface area contributed by atoms with Gasteiger partial charge in [-0.05, 0) is 30.3 Å². The SMILES string of the molecule is COc1ccc(-c2nc(CC(=O)NCCc3nnc4ccccn34)cs2)cc1OC. The van der Waals surface area contributed by atoms with Gasteiger partial charge in [0.05, 0.1) is 26.3 Å². The second-order valence-corrected chi connectivity index (χ2v) is 7.39. The number of benzene rings is 1. The summed E-state index contributed by atoms with van der Waals surface area (Å²) in [4.78, 5) is 16.9. The molecule has 1 N–H and O–H groups in total. The van der Waals surface area contributed by atoms with Crippen molar-refractivity contribution in [2.24, 2.45) is 0 Å². The first-order chi connectivity index (χ1) is 14.7. The summed E-state index contributed by atoms with van der Waals surface area (Å²) >= 11 is 1.49. The third kappa shape index (κ3) is 4.25. The largest absolute Gasteiger partial charge is 0.493 e. The van der Waals surface area contributed by atoms with E-state index in [0.717, 1.165) is 27.7 Å². The summed E-state index contributed by atoms with van der Waals surface area (Å²) in [5, 5.41) is 13.9. The Balaban J connectivity index is 1.34.